The molecule has 7 nitrogen and oxygen atoms in total. The van der Waals surface area contributed by atoms with Crippen LogP contribution in [0.1, 0.15) is 67.1 Å². The van der Waals surface area contributed by atoms with E-state index in [1.54, 1.807) is 15.7 Å². The Kier molecular flexibility index (Phi) is 4.26. The lowest BCUT2D eigenvalue weighted by molar-refractivity contribution is -0.122. The van der Waals surface area contributed by atoms with Gasteiger partial charge in [-0.05, 0) is 45.1 Å². The predicted molar refractivity (Wildman–Crippen MR) is 109 cm³/mol. The molecule has 3 aromatic rings. The summed E-state index contributed by atoms with van der Waals surface area (Å²) in [5.74, 6) is 0.988. The zero-order valence-electron chi connectivity index (χ0n) is 16.3. The molecule has 0 radical (unpaired) electrons. The minimum absolute atomic E-state index is 0.0369. The molecule has 0 aromatic carbocycles. The summed E-state index contributed by atoms with van der Waals surface area (Å²) in [7, 11) is 0. The first-order chi connectivity index (χ1) is 13.5. The number of thiophene rings is 1. The van der Waals surface area contributed by atoms with Gasteiger partial charge in [-0.25, -0.2) is 18.9 Å². The summed E-state index contributed by atoms with van der Waals surface area (Å²) < 4.78 is 2.96. The second-order valence-electron chi connectivity index (χ2n) is 8.21. The average Bonchev–Trinajstić information content (AvgIpc) is 3.42. The Bertz CT molecular complexity index is 1130. The van der Waals surface area contributed by atoms with Crippen molar-refractivity contribution in [2.75, 3.05) is 0 Å². The topological polar surface area (TPSA) is 81.3 Å². The molecule has 0 atom stereocenters. The van der Waals surface area contributed by atoms with E-state index in [0.29, 0.717) is 11.6 Å². The van der Waals surface area contributed by atoms with E-state index in [9.17, 15) is 9.59 Å². The summed E-state index contributed by atoms with van der Waals surface area (Å²) in [5, 5.41) is 8.61. The van der Waals surface area contributed by atoms with Crippen molar-refractivity contribution < 1.29 is 4.79 Å². The summed E-state index contributed by atoms with van der Waals surface area (Å²) in [6.07, 6.45) is 7.71. The number of carbonyl (C=O) groups excluding carboxylic acids is 1. The summed E-state index contributed by atoms with van der Waals surface area (Å²) >= 11 is 1.65. The van der Waals surface area contributed by atoms with E-state index in [0.717, 1.165) is 60.1 Å². The zero-order valence-corrected chi connectivity index (χ0v) is 17.1. The molecule has 3 heterocycles. The van der Waals surface area contributed by atoms with Gasteiger partial charge in [-0.3, -0.25) is 4.79 Å². The summed E-state index contributed by atoms with van der Waals surface area (Å²) in [4.78, 5) is 32.6. The molecule has 0 aliphatic heterocycles. The Labute approximate surface area is 166 Å². The van der Waals surface area contributed by atoms with Crippen molar-refractivity contribution >= 4 is 33.1 Å². The third-order valence-corrected chi connectivity index (χ3v) is 7.18. The highest BCUT2D eigenvalue weighted by atomic mass is 32.1. The van der Waals surface area contributed by atoms with E-state index in [4.69, 9.17) is 4.98 Å². The molecule has 148 valence electrons. The number of aryl methyl sites for hydroxylation is 2. The molecule has 5 rings (SSSR count). The van der Waals surface area contributed by atoms with Gasteiger partial charge in [0.05, 0.1) is 5.39 Å². The van der Waals surface area contributed by atoms with Crippen LogP contribution in [0.5, 0.6) is 0 Å². The van der Waals surface area contributed by atoms with Crippen LogP contribution in [0.15, 0.2) is 4.79 Å². The van der Waals surface area contributed by atoms with Gasteiger partial charge < -0.3 is 5.32 Å². The van der Waals surface area contributed by atoms with E-state index in [-0.39, 0.29) is 24.2 Å². The molecule has 1 amide bonds. The lowest BCUT2D eigenvalue weighted by Gasteiger charge is -2.22. The van der Waals surface area contributed by atoms with Gasteiger partial charge in [0.1, 0.15) is 17.2 Å². The highest BCUT2D eigenvalue weighted by molar-refractivity contribution is 7.18. The molecule has 0 saturated heterocycles. The normalized spacial score (nSPS) is 18.2. The van der Waals surface area contributed by atoms with Crippen molar-refractivity contribution in [1.82, 2.24) is 24.5 Å². The third kappa shape index (κ3) is 2.94. The summed E-state index contributed by atoms with van der Waals surface area (Å²) in [6.45, 7) is 4.08. The number of hydrogen-bond donors (Lipinski definition) is 1. The van der Waals surface area contributed by atoms with E-state index < -0.39 is 0 Å². The van der Waals surface area contributed by atoms with Crippen molar-refractivity contribution in [3.63, 3.8) is 0 Å². The van der Waals surface area contributed by atoms with Crippen LogP contribution in [-0.2, 0) is 11.3 Å². The molecule has 0 unspecified atom stereocenters. The van der Waals surface area contributed by atoms with Crippen molar-refractivity contribution in [3.8, 4) is 0 Å². The molecule has 3 aromatic heterocycles. The molecule has 2 fully saturated rings. The van der Waals surface area contributed by atoms with Crippen molar-refractivity contribution in [2.45, 2.75) is 77.3 Å². The molecule has 1 N–H and O–H groups in total. The number of amides is 1. The van der Waals surface area contributed by atoms with Crippen LogP contribution in [0.25, 0.3) is 15.9 Å². The lowest BCUT2D eigenvalue weighted by atomic mass is 9.95. The minimum Gasteiger partial charge on any atom is -0.352 e. The van der Waals surface area contributed by atoms with Gasteiger partial charge in [0, 0.05) is 16.8 Å². The van der Waals surface area contributed by atoms with Crippen molar-refractivity contribution in [1.29, 1.82) is 0 Å². The molecule has 2 aliphatic carbocycles. The van der Waals surface area contributed by atoms with Gasteiger partial charge in [0.15, 0.2) is 5.65 Å². The van der Waals surface area contributed by atoms with Crippen LogP contribution in [-0.4, -0.2) is 31.1 Å². The Morgan fingerprint density at radius 2 is 1.93 bits per heavy atom. The number of aromatic nitrogens is 4. The number of rotatable bonds is 4. The Morgan fingerprint density at radius 1 is 1.18 bits per heavy atom. The van der Waals surface area contributed by atoms with E-state index in [1.165, 1.54) is 16.0 Å². The second kappa shape index (κ2) is 6.69. The van der Waals surface area contributed by atoms with Crippen LogP contribution in [0.3, 0.4) is 0 Å². The number of nitrogens with one attached hydrogen (secondary N) is 1. The molecule has 28 heavy (non-hydrogen) atoms. The molecule has 0 spiro atoms. The van der Waals surface area contributed by atoms with Gasteiger partial charge in [0.25, 0.3) is 0 Å². The smallest absolute Gasteiger partial charge is 0.352 e. The number of carbonyl (C=O) groups is 1. The monoisotopic (exact) mass is 399 g/mol. The maximum atomic E-state index is 13.1. The zero-order chi connectivity index (χ0) is 19.4. The van der Waals surface area contributed by atoms with Gasteiger partial charge in [0.2, 0.25) is 5.91 Å². The first-order valence-corrected chi connectivity index (χ1v) is 11.0. The van der Waals surface area contributed by atoms with Crippen LogP contribution >= 0.6 is 11.3 Å². The quantitative estimate of drug-likeness (QED) is 0.731. The standard InChI is InChI=1S/C20H25N5O2S/c1-11-12(2)28-19-16(11)18-23-24(10-15(26)21-14-6-4-3-5-7-14)20(27)25(18)17(22-19)13-8-9-13/h13-14H,3-10H2,1-2H3,(H,21,26). The Morgan fingerprint density at radius 3 is 2.64 bits per heavy atom. The Balaban J connectivity index is 1.55. The largest absolute Gasteiger partial charge is 0.352 e. The van der Waals surface area contributed by atoms with Crippen molar-refractivity contribution in [2.24, 2.45) is 0 Å². The molecule has 2 aliphatic rings. The van der Waals surface area contributed by atoms with E-state index in [2.05, 4.69) is 17.3 Å². The maximum absolute atomic E-state index is 13.1. The fraction of sp³-hybridized carbons (Fsp3) is 0.600. The molecular weight excluding hydrogens is 374 g/mol. The van der Waals surface area contributed by atoms with Crippen LogP contribution < -0.4 is 11.0 Å². The molecule has 2 saturated carbocycles. The van der Waals surface area contributed by atoms with Gasteiger partial charge >= 0.3 is 5.69 Å². The minimum atomic E-state index is -0.256. The molecular formula is C20H25N5O2S. The van der Waals surface area contributed by atoms with E-state index in [1.807, 2.05) is 6.92 Å². The molecule has 8 heteroatoms. The highest BCUT2D eigenvalue weighted by Gasteiger charge is 2.31. The number of fused-ring (bicyclic) bond motifs is 3. The third-order valence-electron chi connectivity index (χ3n) is 6.08. The summed E-state index contributed by atoms with van der Waals surface area (Å²) in [5.41, 5.74) is 1.50. The predicted octanol–water partition coefficient (Wildman–Crippen LogP) is 3.05. The lowest BCUT2D eigenvalue weighted by Crippen LogP contribution is -2.40. The SMILES string of the molecule is Cc1sc2nc(C3CC3)n3c(=O)n(CC(=O)NC4CCCCC4)nc3c2c1C. The van der Waals surface area contributed by atoms with Crippen molar-refractivity contribution in [3.05, 3.63) is 26.7 Å². The first-order valence-electron chi connectivity index (χ1n) is 10.2. The molecule has 0 bridgehead atoms. The number of nitrogens with zero attached hydrogens (tertiary/aromatic N) is 4. The maximum Gasteiger partial charge on any atom is 0.352 e. The summed E-state index contributed by atoms with van der Waals surface area (Å²) in [6, 6.07) is 0.228. The van der Waals surface area contributed by atoms with Gasteiger partial charge in [-0.15, -0.1) is 16.4 Å². The van der Waals surface area contributed by atoms with Crippen LogP contribution in [0.4, 0.5) is 0 Å². The number of hydrogen-bond acceptors (Lipinski definition) is 5. The van der Waals surface area contributed by atoms with Gasteiger partial charge in [-0.1, -0.05) is 19.3 Å². The van der Waals surface area contributed by atoms with Crippen LogP contribution in [0, 0.1) is 13.8 Å². The Hall–Kier alpha value is -2.22. The van der Waals surface area contributed by atoms with E-state index >= 15 is 0 Å². The van der Waals surface area contributed by atoms with Crippen LogP contribution in [0.2, 0.25) is 0 Å². The fourth-order valence-corrected chi connectivity index (χ4v) is 5.29. The highest BCUT2D eigenvalue weighted by Crippen LogP contribution is 2.41. The second-order valence-corrected chi connectivity index (χ2v) is 9.41. The first kappa shape index (κ1) is 17.8. The van der Waals surface area contributed by atoms with Gasteiger partial charge in [-0.2, -0.15) is 0 Å². The average molecular weight is 400 g/mol. The fourth-order valence-electron chi connectivity index (χ4n) is 4.26.